The smallest absolute Gasteiger partial charge is 0.308 e. The molecule has 0 amide bonds. The monoisotopic (exact) mass is 250 g/mol. The summed E-state index contributed by atoms with van der Waals surface area (Å²) in [5, 5.41) is 20.9. The Morgan fingerprint density at radius 1 is 1.65 bits per heavy atom. The van der Waals surface area contributed by atoms with Gasteiger partial charge in [-0.25, -0.2) is 0 Å². The molecule has 90 valence electrons. The number of carbonyl (C=O) groups is 1. The van der Waals surface area contributed by atoms with Gasteiger partial charge in [0.25, 0.3) is 0 Å². The zero-order valence-electron chi connectivity index (χ0n) is 9.73. The molecule has 0 bridgehead atoms. The SMILES string of the molecule is CSc1cccc(NCC(C)C(=O)O)c1C#N. The predicted molar refractivity (Wildman–Crippen MR) is 68.2 cm³/mol. The molecular formula is C12H14N2O2S. The molecule has 0 saturated carbocycles. The highest BCUT2D eigenvalue weighted by atomic mass is 32.2. The Bertz CT molecular complexity index is 454. The quantitative estimate of drug-likeness (QED) is 0.785. The minimum atomic E-state index is -0.850. The number of nitriles is 1. The van der Waals surface area contributed by atoms with Crippen molar-refractivity contribution in [2.75, 3.05) is 18.1 Å². The van der Waals surface area contributed by atoms with Crippen molar-refractivity contribution >= 4 is 23.4 Å². The van der Waals surface area contributed by atoms with Gasteiger partial charge in [-0.3, -0.25) is 4.79 Å². The Balaban J connectivity index is 2.85. The summed E-state index contributed by atoms with van der Waals surface area (Å²) < 4.78 is 0. The van der Waals surface area contributed by atoms with E-state index in [2.05, 4.69) is 11.4 Å². The fourth-order valence-electron chi connectivity index (χ4n) is 1.31. The van der Waals surface area contributed by atoms with Crippen molar-refractivity contribution in [3.05, 3.63) is 23.8 Å². The summed E-state index contributed by atoms with van der Waals surface area (Å²) >= 11 is 1.50. The third-order valence-corrected chi connectivity index (χ3v) is 3.16. The minimum absolute atomic E-state index is 0.307. The minimum Gasteiger partial charge on any atom is -0.481 e. The maximum absolute atomic E-state index is 10.7. The van der Waals surface area contributed by atoms with Gasteiger partial charge in [0, 0.05) is 11.4 Å². The maximum Gasteiger partial charge on any atom is 0.308 e. The zero-order chi connectivity index (χ0) is 12.8. The molecule has 4 nitrogen and oxygen atoms in total. The summed E-state index contributed by atoms with van der Waals surface area (Å²) in [5.41, 5.74) is 1.25. The van der Waals surface area contributed by atoms with Crippen molar-refractivity contribution in [1.29, 1.82) is 5.26 Å². The van der Waals surface area contributed by atoms with Crippen LogP contribution in [-0.4, -0.2) is 23.9 Å². The number of benzene rings is 1. The van der Waals surface area contributed by atoms with E-state index < -0.39 is 11.9 Å². The van der Waals surface area contributed by atoms with Gasteiger partial charge in [-0.1, -0.05) is 13.0 Å². The molecule has 0 radical (unpaired) electrons. The number of hydrogen-bond donors (Lipinski definition) is 2. The van der Waals surface area contributed by atoms with E-state index in [9.17, 15) is 4.79 Å². The van der Waals surface area contributed by atoms with Crippen LogP contribution in [0.15, 0.2) is 23.1 Å². The van der Waals surface area contributed by atoms with Crippen LogP contribution in [0.1, 0.15) is 12.5 Å². The van der Waals surface area contributed by atoms with Crippen molar-refractivity contribution < 1.29 is 9.90 Å². The zero-order valence-corrected chi connectivity index (χ0v) is 10.5. The van der Waals surface area contributed by atoms with E-state index in [0.29, 0.717) is 17.8 Å². The van der Waals surface area contributed by atoms with E-state index in [1.54, 1.807) is 13.0 Å². The summed E-state index contributed by atoms with van der Waals surface area (Å²) in [6, 6.07) is 7.64. The van der Waals surface area contributed by atoms with Gasteiger partial charge < -0.3 is 10.4 Å². The molecule has 0 spiro atoms. The van der Waals surface area contributed by atoms with Gasteiger partial charge in [-0.05, 0) is 18.4 Å². The molecule has 0 fully saturated rings. The lowest BCUT2D eigenvalue weighted by molar-refractivity contribution is -0.140. The van der Waals surface area contributed by atoms with Crippen LogP contribution in [-0.2, 0) is 4.79 Å². The Hall–Kier alpha value is -1.67. The molecule has 1 aromatic carbocycles. The Morgan fingerprint density at radius 3 is 2.88 bits per heavy atom. The number of hydrogen-bond acceptors (Lipinski definition) is 4. The first kappa shape index (κ1) is 13.4. The summed E-state index contributed by atoms with van der Waals surface area (Å²) in [5.74, 6) is -1.34. The van der Waals surface area contributed by atoms with Gasteiger partial charge in [-0.2, -0.15) is 5.26 Å². The highest BCUT2D eigenvalue weighted by Gasteiger charge is 2.12. The normalized spacial score (nSPS) is 11.6. The average Bonchev–Trinajstić information content (AvgIpc) is 2.34. The number of nitrogens with zero attached hydrogens (tertiary/aromatic N) is 1. The van der Waals surface area contributed by atoms with Gasteiger partial charge in [0.15, 0.2) is 0 Å². The fourth-order valence-corrected chi connectivity index (χ4v) is 1.89. The van der Waals surface area contributed by atoms with Gasteiger partial charge in [0.1, 0.15) is 6.07 Å². The van der Waals surface area contributed by atoms with Crippen LogP contribution >= 0.6 is 11.8 Å². The average molecular weight is 250 g/mol. The van der Waals surface area contributed by atoms with Gasteiger partial charge in [-0.15, -0.1) is 11.8 Å². The predicted octanol–water partition coefficient (Wildman–Crippen LogP) is 2.41. The van der Waals surface area contributed by atoms with Crippen LogP contribution in [0.25, 0.3) is 0 Å². The highest BCUT2D eigenvalue weighted by molar-refractivity contribution is 7.98. The first-order valence-corrected chi connectivity index (χ1v) is 6.36. The molecule has 0 aliphatic rings. The van der Waals surface area contributed by atoms with Crippen molar-refractivity contribution in [3.63, 3.8) is 0 Å². The third-order valence-electron chi connectivity index (χ3n) is 2.38. The molecule has 1 unspecified atom stereocenters. The van der Waals surface area contributed by atoms with Crippen LogP contribution in [0, 0.1) is 17.2 Å². The number of nitrogens with one attached hydrogen (secondary N) is 1. The van der Waals surface area contributed by atoms with Gasteiger partial charge >= 0.3 is 5.97 Å². The number of aliphatic carboxylic acids is 1. The first-order valence-electron chi connectivity index (χ1n) is 5.14. The largest absolute Gasteiger partial charge is 0.481 e. The second-order valence-electron chi connectivity index (χ2n) is 3.61. The van der Waals surface area contributed by atoms with Crippen molar-refractivity contribution in [2.24, 2.45) is 5.92 Å². The van der Waals surface area contributed by atoms with Crippen LogP contribution in [0.5, 0.6) is 0 Å². The van der Waals surface area contributed by atoms with E-state index in [0.717, 1.165) is 4.90 Å². The van der Waals surface area contributed by atoms with E-state index >= 15 is 0 Å². The molecule has 2 N–H and O–H groups in total. The van der Waals surface area contributed by atoms with Gasteiger partial charge in [0.05, 0.1) is 17.2 Å². The molecule has 0 aromatic heterocycles. The molecular weight excluding hydrogens is 236 g/mol. The third kappa shape index (κ3) is 3.40. The standard InChI is InChI=1S/C12H14N2O2S/c1-8(12(15)16)7-14-10-4-3-5-11(17-2)9(10)6-13/h3-5,8,14H,7H2,1-2H3,(H,15,16). The molecule has 5 heteroatoms. The molecule has 1 rings (SSSR count). The van der Waals surface area contributed by atoms with Crippen LogP contribution in [0.3, 0.4) is 0 Å². The van der Waals surface area contributed by atoms with Crippen LogP contribution < -0.4 is 5.32 Å². The maximum atomic E-state index is 10.7. The van der Waals surface area contributed by atoms with Crippen LogP contribution in [0.2, 0.25) is 0 Å². The number of rotatable bonds is 5. The topological polar surface area (TPSA) is 73.1 Å². The highest BCUT2D eigenvalue weighted by Crippen LogP contribution is 2.26. The summed E-state index contributed by atoms with van der Waals surface area (Å²) in [4.78, 5) is 11.6. The van der Waals surface area contributed by atoms with E-state index in [-0.39, 0.29) is 0 Å². The van der Waals surface area contributed by atoms with Crippen molar-refractivity contribution in [3.8, 4) is 6.07 Å². The van der Waals surface area contributed by atoms with Crippen molar-refractivity contribution in [2.45, 2.75) is 11.8 Å². The van der Waals surface area contributed by atoms with Gasteiger partial charge in [0.2, 0.25) is 0 Å². The molecule has 1 atom stereocenters. The second kappa shape index (κ2) is 6.16. The molecule has 1 aromatic rings. The Kier molecular flexibility index (Phi) is 4.85. The number of carboxylic acids is 1. The summed E-state index contributed by atoms with van der Waals surface area (Å²) in [7, 11) is 0. The number of thioether (sulfide) groups is 1. The fraction of sp³-hybridized carbons (Fsp3) is 0.333. The summed E-state index contributed by atoms with van der Waals surface area (Å²) in [6.07, 6.45) is 1.90. The molecule has 0 heterocycles. The van der Waals surface area contributed by atoms with Crippen LogP contribution in [0.4, 0.5) is 5.69 Å². The van der Waals surface area contributed by atoms with Crippen molar-refractivity contribution in [1.82, 2.24) is 0 Å². The molecule has 0 aliphatic heterocycles. The lowest BCUT2D eigenvalue weighted by Gasteiger charge is -2.12. The summed E-state index contributed by atoms with van der Waals surface area (Å²) in [6.45, 7) is 1.93. The number of anilines is 1. The van der Waals surface area contributed by atoms with E-state index in [1.165, 1.54) is 11.8 Å². The first-order chi connectivity index (χ1) is 8.10. The Morgan fingerprint density at radius 2 is 2.35 bits per heavy atom. The molecule has 0 aliphatic carbocycles. The lowest BCUT2D eigenvalue weighted by atomic mass is 10.1. The molecule has 0 saturated heterocycles. The van der Waals surface area contributed by atoms with E-state index in [1.807, 2.05) is 18.4 Å². The lowest BCUT2D eigenvalue weighted by Crippen LogP contribution is -2.20. The Labute approximate surface area is 105 Å². The van der Waals surface area contributed by atoms with E-state index in [4.69, 9.17) is 10.4 Å². The second-order valence-corrected chi connectivity index (χ2v) is 4.46. The number of carboxylic acid groups (broad SMARTS) is 1. The molecule has 17 heavy (non-hydrogen) atoms.